The maximum Gasteiger partial charge on any atom is 0.148 e. The van der Waals surface area contributed by atoms with Gasteiger partial charge in [0, 0.05) is 34.4 Å². The highest BCUT2D eigenvalue weighted by Gasteiger charge is 2.12. The summed E-state index contributed by atoms with van der Waals surface area (Å²) in [6.07, 6.45) is 5.89. The van der Waals surface area contributed by atoms with Gasteiger partial charge >= 0.3 is 0 Å². The zero-order chi connectivity index (χ0) is 14.3. The predicted octanol–water partition coefficient (Wildman–Crippen LogP) is 1.28. The van der Waals surface area contributed by atoms with Gasteiger partial charge in [-0.1, -0.05) is 13.3 Å². The average molecular weight is 285 g/mol. The lowest BCUT2D eigenvalue weighted by Crippen LogP contribution is -2.21. The molecule has 1 heterocycles. The van der Waals surface area contributed by atoms with Crippen molar-refractivity contribution in [2.24, 2.45) is 5.84 Å². The molecule has 0 aromatic carbocycles. The number of rotatable bonds is 8. The summed E-state index contributed by atoms with van der Waals surface area (Å²) in [5.41, 5.74) is 3.60. The summed E-state index contributed by atoms with van der Waals surface area (Å²) >= 11 is 0. The number of nitrogen functional groups attached to an aromatic ring is 1. The molecule has 19 heavy (non-hydrogen) atoms. The Morgan fingerprint density at radius 1 is 1.42 bits per heavy atom. The molecule has 0 saturated carbocycles. The lowest BCUT2D eigenvalue weighted by molar-refractivity contribution is 0.678. The SMILES string of the molecule is CCCc1c(NN)ncnc1NC(C)CCS(C)=O. The second kappa shape index (κ2) is 8.06. The quantitative estimate of drug-likeness (QED) is 0.492. The third kappa shape index (κ3) is 5.12. The van der Waals surface area contributed by atoms with E-state index in [1.165, 1.54) is 6.33 Å². The lowest BCUT2D eigenvalue weighted by Gasteiger charge is -2.18. The molecule has 0 saturated heterocycles. The van der Waals surface area contributed by atoms with Crippen LogP contribution in [0, 0.1) is 0 Å². The summed E-state index contributed by atoms with van der Waals surface area (Å²) < 4.78 is 11.1. The van der Waals surface area contributed by atoms with E-state index in [-0.39, 0.29) is 6.04 Å². The van der Waals surface area contributed by atoms with Crippen LogP contribution in [0.3, 0.4) is 0 Å². The highest BCUT2D eigenvalue weighted by molar-refractivity contribution is 7.84. The summed E-state index contributed by atoms with van der Waals surface area (Å²) in [5, 5.41) is 3.34. The van der Waals surface area contributed by atoms with E-state index in [0.29, 0.717) is 11.6 Å². The van der Waals surface area contributed by atoms with Gasteiger partial charge in [0.1, 0.15) is 18.0 Å². The molecule has 1 rings (SSSR count). The molecular weight excluding hydrogens is 262 g/mol. The molecule has 0 aliphatic heterocycles. The van der Waals surface area contributed by atoms with Crippen LogP contribution in [0.4, 0.5) is 11.6 Å². The fourth-order valence-corrected chi connectivity index (χ4v) is 2.48. The van der Waals surface area contributed by atoms with Crippen molar-refractivity contribution in [2.45, 2.75) is 39.2 Å². The molecule has 0 fully saturated rings. The van der Waals surface area contributed by atoms with Gasteiger partial charge in [0.25, 0.3) is 0 Å². The van der Waals surface area contributed by atoms with E-state index in [0.717, 1.165) is 30.6 Å². The largest absolute Gasteiger partial charge is 0.367 e. The van der Waals surface area contributed by atoms with Crippen LogP contribution in [0.1, 0.15) is 32.3 Å². The molecule has 2 unspecified atom stereocenters. The van der Waals surface area contributed by atoms with Gasteiger partial charge in [0.2, 0.25) is 0 Å². The minimum atomic E-state index is -0.764. The molecule has 0 radical (unpaired) electrons. The molecule has 6 nitrogen and oxygen atoms in total. The summed E-state index contributed by atoms with van der Waals surface area (Å²) in [6, 6.07) is 0.208. The van der Waals surface area contributed by atoms with E-state index in [4.69, 9.17) is 5.84 Å². The number of hydrogen-bond acceptors (Lipinski definition) is 6. The first-order valence-electron chi connectivity index (χ1n) is 6.45. The van der Waals surface area contributed by atoms with E-state index in [9.17, 15) is 4.21 Å². The van der Waals surface area contributed by atoms with Crippen LogP contribution < -0.4 is 16.6 Å². The maximum absolute atomic E-state index is 11.1. The molecule has 0 aliphatic carbocycles. The number of hydrazine groups is 1. The maximum atomic E-state index is 11.1. The van der Waals surface area contributed by atoms with Crippen LogP contribution in [0.5, 0.6) is 0 Å². The second-order valence-corrected chi connectivity index (χ2v) is 6.11. The summed E-state index contributed by atoms with van der Waals surface area (Å²) in [5.74, 6) is 7.62. The van der Waals surface area contributed by atoms with Crippen molar-refractivity contribution in [3.63, 3.8) is 0 Å². The molecule has 108 valence electrons. The van der Waals surface area contributed by atoms with Crippen molar-refractivity contribution >= 4 is 22.4 Å². The Balaban J connectivity index is 2.78. The Hall–Kier alpha value is -1.21. The Kier molecular flexibility index (Phi) is 6.72. The number of nitrogens with two attached hydrogens (primary N) is 1. The van der Waals surface area contributed by atoms with E-state index in [1.807, 2.05) is 0 Å². The molecule has 2 atom stereocenters. The number of aromatic nitrogens is 2. The van der Waals surface area contributed by atoms with Crippen molar-refractivity contribution in [1.82, 2.24) is 9.97 Å². The van der Waals surface area contributed by atoms with Crippen molar-refractivity contribution in [3.8, 4) is 0 Å². The highest BCUT2D eigenvalue weighted by Crippen LogP contribution is 2.21. The predicted molar refractivity (Wildman–Crippen MR) is 80.5 cm³/mol. The van der Waals surface area contributed by atoms with Crippen molar-refractivity contribution in [1.29, 1.82) is 0 Å². The summed E-state index contributed by atoms with van der Waals surface area (Å²) in [4.78, 5) is 8.40. The van der Waals surface area contributed by atoms with Crippen molar-refractivity contribution in [2.75, 3.05) is 22.8 Å². The van der Waals surface area contributed by atoms with E-state index in [2.05, 4.69) is 34.6 Å². The van der Waals surface area contributed by atoms with Gasteiger partial charge in [-0.3, -0.25) is 4.21 Å². The first-order chi connectivity index (χ1) is 9.08. The van der Waals surface area contributed by atoms with Gasteiger partial charge in [-0.15, -0.1) is 0 Å². The third-order valence-corrected chi connectivity index (χ3v) is 3.61. The van der Waals surface area contributed by atoms with Crippen LogP contribution in [-0.4, -0.2) is 32.2 Å². The molecule has 7 heteroatoms. The third-order valence-electron chi connectivity index (χ3n) is 2.80. The van der Waals surface area contributed by atoms with Gasteiger partial charge in [-0.05, 0) is 19.8 Å². The minimum absolute atomic E-state index is 0.208. The molecular formula is C12H23N5OS. The van der Waals surface area contributed by atoms with Crippen molar-refractivity contribution < 1.29 is 4.21 Å². The smallest absolute Gasteiger partial charge is 0.148 e. The Morgan fingerprint density at radius 2 is 2.11 bits per heavy atom. The standard InChI is InChI=1S/C12H23N5OS/c1-4-5-10-11(14-8-15-12(10)17-13)16-9(2)6-7-19(3)18/h8-9H,4-7,13H2,1-3H3,(H2,14,15,16,17). The normalized spacial score (nSPS) is 13.9. The van der Waals surface area contributed by atoms with Gasteiger partial charge < -0.3 is 10.7 Å². The number of anilines is 2. The summed E-state index contributed by atoms with van der Waals surface area (Å²) in [6.45, 7) is 4.15. The van der Waals surface area contributed by atoms with Crippen LogP contribution in [0.2, 0.25) is 0 Å². The molecule has 0 aliphatic rings. The molecule has 0 spiro atoms. The fraction of sp³-hybridized carbons (Fsp3) is 0.667. The molecule has 0 amide bonds. The van der Waals surface area contributed by atoms with Crippen LogP contribution >= 0.6 is 0 Å². The molecule has 0 bridgehead atoms. The second-order valence-electron chi connectivity index (χ2n) is 4.56. The first kappa shape index (κ1) is 15.8. The minimum Gasteiger partial charge on any atom is -0.367 e. The average Bonchev–Trinajstić information content (AvgIpc) is 2.38. The molecule has 1 aromatic heterocycles. The highest BCUT2D eigenvalue weighted by atomic mass is 32.2. The summed E-state index contributed by atoms with van der Waals surface area (Å²) in [7, 11) is -0.764. The van der Waals surface area contributed by atoms with Crippen LogP contribution in [-0.2, 0) is 17.2 Å². The van der Waals surface area contributed by atoms with Crippen LogP contribution in [0.15, 0.2) is 6.33 Å². The van der Waals surface area contributed by atoms with Gasteiger partial charge in [0.05, 0.1) is 0 Å². The number of nitrogens with one attached hydrogen (secondary N) is 2. The van der Waals surface area contributed by atoms with E-state index in [1.54, 1.807) is 6.26 Å². The topological polar surface area (TPSA) is 92.9 Å². The number of hydrogen-bond donors (Lipinski definition) is 3. The van der Waals surface area contributed by atoms with Gasteiger partial charge in [-0.25, -0.2) is 15.8 Å². The van der Waals surface area contributed by atoms with Gasteiger partial charge in [0.15, 0.2) is 0 Å². The van der Waals surface area contributed by atoms with E-state index < -0.39 is 10.8 Å². The monoisotopic (exact) mass is 285 g/mol. The van der Waals surface area contributed by atoms with E-state index >= 15 is 0 Å². The zero-order valence-corrected chi connectivity index (χ0v) is 12.6. The lowest BCUT2D eigenvalue weighted by atomic mass is 10.1. The Labute approximate surface area is 117 Å². The Morgan fingerprint density at radius 3 is 2.68 bits per heavy atom. The van der Waals surface area contributed by atoms with Crippen LogP contribution in [0.25, 0.3) is 0 Å². The molecule has 4 N–H and O–H groups in total. The number of nitrogens with zero attached hydrogens (tertiary/aromatic N) is 2. The van der Waals surface area contributed by atoms with Gasteiger partial charge in [-0.2, -0.15) is 0 Å². The molecule has 1 aromatic rings. The fourth-order valence-electron chi connectivity index (χ4n) is 1.80. The zero-order valence-electron chi connectivity index (χ0n) is 11.8. The Bertz CT molecular complexity index is 427. The van der Waals surface area contributed by atoms with Crippen molar-refractivity contribution in [3.05, 3.63) is 11.9 Å². The first-order valence-corrected chi connectivity index (χ1v) is 8.18.